The van der Waals surface area contributed by atoms with E-state index in [0.717, 1.165) is 18.5 Å². The molecule has 2 aromatic heterocycles. The van der Waals surface area contributed by atoms with Crippen LogP contribution in [-0.4, -0.2) is 28.5 Å². The van der Waals surface area contributed by atoms with Crippen molar-refractivity contribution in [2.75, 3.05) is 16.8 Å². The Morgan fingerprint density at radius 1 is 1.29 bits per heavy atom. The highest BCUT2D eigenvalue weighted by Crippen LogP contribution is 2.51. The molecule has 3 amide bonds. The zero-order valence-electron chi connectivity index (χ0n) is 15.3. The lowest BCUT2D eigenvalue weighted by molar-refractivity contribution is -0.123. The third-order valence-corrected chi connectivity index (χ3v) is 5.28. The fourth-order valence-corrected chi connectivity index (χ4v) is 3.62. The number of pyridine rings is 2. The second kappa shape index (κ2) is 7.27. The van der Waals surface area contributed by atoms with Gasteiger partial charge in [0.05, 0.1) is 18.3 Å². The maximum atomic E-state index is 12.9. The smallest absolute Gasteiger partial charge is 0.320 e. The number of anilines is 2. The minimum Gasteiger partial charge on any atom is -0.332 e. The van der Waals surface area contributed by atoms with E-state index in [1.807, 2.05) is 18.2 Å². The first-order valence-electron chi connectivity index (χ1n) is 9.26. The van der Waals surface area contributed by atoms with Crippen molar-refractivity contribution in [1.29, 1.82) is 5.26 Å². The number of nitrogens with one attached hydrogen (secondary N) is 2. The van der Waals surface area contributed by atoms with Crippen molar-refractivity contribution in [3.63, 3.8) is 0 Å². The Balaban J connectivity index is 1.41. The average Bonchev–Trinajstić information content (AvgIpc) is 3.51. The maximum Gasteiger partial charge on any atom is 0.320 e. The first-order valence-corrected chi connectivity index (χ1v) is 9.26. The van der Waals surface area contributed by atoms with Crippen molar-refractivity contribution in [2.45, 2.75) is 25.8 Å². The van der Waals surface area contributed by atoms with Crippen molar-refractivity contribution >= 4 is 23.4 Å². The molecule has 1 aliphatic heterocycles. The Bertz CT molecular complexity index is 937. The van der Waals surface area contributed by atoms with Gasteiger partial charge in [0.1, 0.15) is 11.2 Å². The van der Waals surface area contributed by atoms with Crippen molar-refractivity contribution in [3.8, 4) is 6.07 Å². The maximum absolute atomic E-state index is 12.9. The number of nitrogens with zero attached hydrogens (tertiary/aromatic N) is 4. The summed E-state index contributed by atoms with van der Waals surface area (Å²) in [4.78, 5) is 34.9. The van der Waals surface area contributed by atoms with E-state index in [1.165, 1.54) is 0 Å². The summed E-state index contributed by atoms with van der Waals surface area (Å²) >= 11 is 0. The van der Waals surface area contributed by atoms with Crippen molar-refractivity contribution < 1.29 is 9.59 Å². The number of urea groups is 1. The SMILES string of the molecule is N#C[C@@]1(C2CC2)CCN(c2ccnc(NC(=O)NCc3ccccn3)c2)C1=O. The number of amides is 3. The average molecular weight is 376 g/mol. The van der Waals surface area contributed by atoms with E-state index in [9.17, 15) is 14.9 Å². The van der Waals surface area contributed by atoms with Gasteiger partial charge < -0.3 is 10.2 Å². The van der Waals surface area contributed by atoms with Gasteiger partial charge in [-0.25, -0.2) is 9.78 Å². The normalized spacial score (nSPS) is 21.2. The lowest BCUT2D eigenvalue weighted by atomic mass is 9.83. The van der Waals surface area contributed by atoms with Crippen LogP contribution < -0.4 is 15.5 Å². The quantitative estimate of drug-likeness (QED) is 0.833. The lowest BCUT2D eigenvalue weighted by Gasteiger charge is -2.21. The summed E-state index contributed by atoms with van der Waals surface area (Å²) in [7, 11) is 0. The van der Waals surface area contributed by atoms with Gasteiger partial charge in [-0.15, -0.1) is 0 Å². The predicted octanol–water partition coefficient (Wildman–Crippen LogP) is 2.45. The molecule has 28 heavy (non-hydrogen) atoms. The number of hydrogen-bond acceptors (Lipinski definition) is 5. The molecule has 2 N–H and O–H groups in total. The van der Waals surface area contributed by atoms with E-state index in [0.29, 0.717) is 31.0 Å². The number of carbonyl (C=O) groups is 2. The minimum atomic E-state index is -0.892. The van der Waals surface area contributed by atoms with Gasteiger partial charge in [-0.05, 0) is 43.4 Å². The minimum absolute atomic E-state index is 0.144. The van der Waals surface area contributed by atoms with Crippen molar-refractivity contribution in [1.82, 2.24) is 15.3 Å². The monoisotopic (exact) mass is 376 g/mol. The van der Waals surface area contributed by atoms with Crippen LogP contribution in [0.15, 0.2) is 42.7 Å². The summed E-state index contributed by atoms with van der Waals surface area (Å²) in [6.07, 6.45) is 5.62. The molecule has 142 valence electrons. The molecule has 2 aromatic rings. The number of carbonyl (C=O) groups excluding carboxylic acids is 2. The Kier molecular flexibility index (Phi) is 4.65. The van der Waals surface area contributed by atoms with Gasteiger partial charge in [-0.2, -0.15) is 5.26 Å². The van der Waals surface area contributed by atoms with Crippen LogP contribution in [0, 0.1) is 22.7 Å². The third-order valence-electron chi connectivity index (χ3n) is 5.28. The molecule has 1 saturated carbocycles. The van der Waals surface area contributed by atoms with E-state index < -0.39 is 11.4 Å². The van der Waals surface area contributed by atoms with Crippen LogP contribution in [0.25, 0.3) is 0 Å². The Labute approximate surface area is 162 Å². The molecule has 3 heterocycles. The zero-order chi connectivity index (χ0) is 19.6. The summed E-state index contributed by atoms with van der Waals surface area (Å²) in [5.74, 6) is 0.366. The van der Waals surface area contributed by atoms with Gasteiger partial charge in [0, 0.05) is 30.7 Å². The van der Waals surface area contributed by atoms with Crippen LogP contribution in [0.3, 0.4) is 0 Å². The molecule has 0 radical (unpaired) electrons. The number of hydrogen-bond donors (Lipinski definition) is 2. The van der Waals surface area contributed by atoms with Gasteiger partial charge in [0.2, 0.25) is 5.91 Å². The Hall–Kier alpha value is -3.47. The van der Waals surface area contributed by atoms with Crippen LogP contribution in [0.1, 0.15) is 25.0 Å². The molecule has 1 atom stereocenters. The molecule has 1 aliphatic carbocycles. The van der Waals surface area contributed by atoms with Gasteiger partial charge in [-0.1, -0.05) is 6.07 Å². The second-order valence-electron chi connectivity index (χ2n) is 7.09. The van der Waals surface area contributed by atoms with Crippen molar-refractivity contribution in [2.24, 2.45) is 11.3 Å². The number of aromatic nitrogens is 2. The molecule has 2 aliphatic rings. The predicted molar refractivity (Wildman–Crippen MR) is 102 cm³/mol. The van der Waals surface area contributed by atoms with Gasteiger partial charge in [0.15, 0.2) is 0 Å². The largest absolute Gasteiger partial charge is 0.332 e. The summed E-state index contributed by atoms with van der Waals surface area (Å²) in [6.45, 7) is 0.793. The molecule has 8 heteroatoms. The Morgan fingerprint density at radius 2 is 2.14 bits per heavy atom. The molecule has 0 spiro atoms. The highest BCUT2D eigenvalue weighted by molar-refractivity contribution is 6.02. The molecule has 0 bridgehead atoms. The van der Waals surface area contributed by atoms with E-state index in [-0.39, 0.29) is 11.8 Å². The van der Waals surface area contributed by atoms with E-state index in [1.54, 1.807) is 29.4 Å². The molecule has 0 aromatic carbocycles. The fourth-order valence-electron chi connectivity index (χ4n) is 3.62. The van der Waals surface area contributed by atoms with Crippen LogP contribution >= 0.6 is 0 Å². The van der Waals surface area contributed by atoms with Crippen molar-refractivity contribution in [3.05, 3.63) is 48.4 Å². The summed E-state index contributed by atoms with van der Waals surface area (Å²) in [6, 6.07) is 10.7. The highest BCUT2D eigenvalue weighted by atomic mass is 16.2. The molecule has 4 rings (SSSR count). The highest BCUT2D eigenvalue weighted by Gasteiger charge is 2.56. The Morgan fingerprint density at radius 3 is 2.86 bits per heavy atom. The zero-order valence-corrected chi connectivity index (χ0v) is 15.3. The standard InChI is InChI=1S/C20H20N6O2/c21-13-20(14-4-5-14)7-10-26(18(20)27)16-6-9-23-17(11-16)25-19(28)24-12-15-3-1-2-8-22-15/h1-3,6,8-9,11,14H,4-5,7,10,12H2,(H2,23,24,25,28)/t20-/m1/s1. The molecule has 0 unspecified atom stereocenters. The molecular weight excluding hydrogens is 356 g/mol. The van der Waals surface area contributed by atoms with Gasteiger partial charge >= 0.3 is 6.03 Å². The van der Waals surface area contributed by atoms with Gasteiger partial charge in [-0.3, -0.25) is 15.1 Å². The van der Waals surface area contributed by atoms with Gasteiger partial charge in [0.25, 0.3) is 0 Å². The molecule has 8 nitrogen and oxygen atoms in total. The second-order valence-corrected chi connectivity index (χ2v) is 7.09. The van der Waals surface area contributed by atoms with Crippen LogP contribution in [0.2, 0.25) is 0 Å². The lowest BCUT2D eigenvalue weighted by Crippen LogP contribution is -2.35. The number of nitriles is 1. The van der Waals surface area contributed by atoms with Crippen LogP contribution in [0.4, 0.5) is 16.3 Å². The summed E-state index contributed by atoms with van der Waals surface area (Å²) in [5, 5.41) is 15.0. The van der Waals surface area contributed by atoms with E-state index in [2.05, 4.69) is 26.7 Å². The van der Waals surface area contributed by atoms with E-state index >= 15 is 0 Å². The van der Waals surface area contributed by atoms with E-state index in [4.69, 9.17) is 0 Å². The van der Waals surface area contributed by atoms with Crippen LogP contribution in [0.5, 0.6) is 0 Å². The van der Waals surface area contributed by atoms with Crippen LogP contribution in [-0.2, 0) is 11.3 Å². The fraction of sp³-hybridized carbons (Fsp3) is 0.350. The number of rotatable bonds is 5. The first-order chi connectivity index (χ1) is 13.6. The third kappa shape index (κ3) is 3.39. The molecule has 2 fully saturated rings. The first kappa shape index (κ1) is 17.9. The molecular formula is C20H20N6O2. The molecule has 1 saturated heterocycles. The summed E-state index contributed by atoms with van der Waals surface area (Å²) in [5.41, 5.74) is 0.490. The summed E-state index contributed by atoms with van der Waals surface area (Å²) < 4.78 is 0. The topological polar surface area (TPSA) is 111 Å².